The molecular weight excluding hydrogens is 326 g/mol. The van der Waals surface area contributed by atoms with Gasteiger partial charge in [-0.15, -0.1) is 0 Å². The number of imide groups is 1. The largest absolute Gasteiger partial charge is 0.303 e. The van der Waals surface area contributed by atoms with Gasteiger partial charge in [-0.1, -0.05) is 29.8 Å². The zero-order chi connectivity index (χ0) is 16.9. The lowest BCUT2D eigenvalue weighted by atomic mass is 10.0. The summed E-state index contributed by atoms with van der Waals surface area (Å²) in [6.45, 7) is 0.854. The Morgan fingerprint density at radius 2 is 1.92 bits per heavy atom. The van der Waals surface area contributed by atoms with Crippen LogP contribution in [-0.4, -0.2) is 34.8 Å². The van der Waals surface area contributed by atoms with E-state index in [0.29, 0.717) is 31.0 Å². The Hall–Kier alpha value is -2.24. The molecule has 0 spiro atoms. The molecule has 124 valence electrons. The van der Waals surface area contributed by atoms with Gasteiger partial charge in [-0.05, 0) is 29.8 Å². The van der Waals surface area contributed by atoms with Gasteiger partial charge in [0.15, 0.2) is 0 Å². The van der Waals surface area contributed by atoms with Crippen LogP contribution in [0, 0.1) is 0 Å². The van der Waals surface area contributed by atoms with Crippen molar-refractivity contribution in [2.24, 2.45) is 0 Å². The summed E-state index contributed by atoms with van der Waals surface area (Å²) in [5.41, 5.74) is 1.85. The second kappa shape index (κ2) is 7.55. The van der Waals surface area contributed by atoms with Gasteiger partial charge in [-0.2, -0.15) is 0 Å². The highest BCUT2D eigenvalue weighted by molar-refractivity contribution is 6.30. The summed E-state index contributed by atoms with van der Waals surface area (Å²) in [6, 6.07) is 13.1. The second-order valence-corrected chi connectivity index (χ2v) is 6.07. The molecule has 0 aliphatic carbocycles. The van der Waals surface area contributed by atoms with Gasteiger partial charge in [-0.25, -0.2) is 0 Å². The zero-order valence-electron chi connectivity index (χ0n) is 13.1. The number of halogens is 1. The molecule has 1 aliphatic heterocycles. The Balaban J connectivity index is 1.73. The first-order valence-corrected chi connectivity index (χ1v) is 8.26. The molecule has 1 aromatic carbocycles. The third kappa shape index (κ3) is 3.80. The van der Waals surface area contributed by atoms with Crippen molar-refractivity contribution >= 4 is 23.4 Å². The van der Waals surface area contributed by atoms with Crippen LogP contribution >= 0.6 is 11.6 Å². The molecule has 5 nitrogen and oxygen atoms in total. The van der Waals surface area contributed by atoms with Crippen molar-refractivity contribution in [3.05, 3.63) is 64.9 Å². The van der Waals surface area contributed by atoms with E-state index in [4.69, 9.17) is 11.6 Å². The molecule has 0 saturated carbocycles. The summed E-state index contributed by atoms with van der Waals surface area (Å²) in [4.78, 5) is 29.1. The number of carbonyl (C=O) groups excluding carboxylic acids is 2. The summed E-state index contributed by atoms with van der Waals surface area (Å²) in [5.74, 6) is -0.196. The Kier molecular flexibility index (Phi) is 5.23. The summed E-state index contributed by atoms with van der Waals surface area (Å²) < 4.78 is 0. The number of aromatic nitrogens is 1. The van der Waals surface area contributed by atoms with Gasteiger partial charge >= 0.3 is 0 Å². The molecule has 24 heavy (non-hydrogen) atoms. The van der Waals surface area contributed by atoms with Gasteiger partial charge in [0.2, 0.25) is 11.8 Å². The molecule has 6 heteroatoms. The van der Waals surface area contributed by atoms with Crippen LogP contribution in [0.1, 0.15) is 30.1 Å². The highest BCUT2D eigenvalue weighted by Crippen LogP contribution is 2.23. The molecule has 0 bridgehead atoms. The molecule has 1 saturated heterocycles. The predicted octanol–water partition coefficient (Wildman–Crippen LogP) is 2.56. The molecule has 1 aliphatic rings. The van der Waals surface area contributed by atoms with Gasteiger partial charge in [0.05, 0.1) is 11.7 Å². The molecule has 2 aromatic rings. The smallest absolute Gasteiger partial charge is 0.229 e. The maximum atomic E-state index is 11.7. The third-order valence-electron chi connectivity index (χ3n) is 4.00. The van der Waals surface area contributed by atoms with Crippen LogP contribution in [0.4, 0.5) is 0 Å². The van der Waals surface area contributed by atoms with Gasteiger partial charge in [-0.3, -0.25) is 19.5 Å². The average Bonchev–Trinajstić information content (AvgIpc) is 2.91. The first-order valence-electron chi connectivity index (χ1n) is 7.88. The molecule has 0 radical (unpaired) electrons. The van der Waals surface area contributed by atoms with Crippen molar-refractivity contribution in [3.8, 4) is 0 Å². The number of nitrogens with one attached hydrogen (secondary N) is 1. The summed E-state index contributed by atoms with van der Waals surface area (Å²) >= 11 is 6.11. The van der Waals surface area contributed by atoms with Gasteiger partial charge < -0.3 is 5.32 Å². The number of likely N-dealkylation sites (tertiary alicyclic amines) is 1. The zero-order valence-corrected chi connectivity index (χ0v) is 13.9. The fraction of sp³-hybridized carbons (Fsp3) is 0.278. The van der Waals surface area contributed by atoms with Crippen molar-refractivity contribution in [2.45, 2.75) is 18.9 Å². The Morgan fingerprint density at radius 3 is 2.58 bits per heavy atom. The molecule has 1 aromatic heterocycles. The number of nitrogens with zero attached hydrogens (tertiary/aromatic N) is 2. The molecule has 1 atom stereocenters. The molecular formula is C18H18ClN3O2. The fourth-order valence-electron chi connectivity index (χ4n) is 2.82. The number of carbonyl (C=O) groups is 2. The standard InChI is InChI=1S/C18H18ClN3O2/c19-14-5-3-4-13(12-14)18(15-6-1-2-9-20-15)21-10-11-22-16(23)7-8-17(22)24/h1-6,9,12,18,21H,7-8,10-11H2. The van der Waals surface area contributed by atoms with Crippen LogP contribution in [0.25, 0.3) is 0 Å². The van der Waals surface area contributed by atoms with Crippen LogP contribution in [0.15, 0.2) is 48.7 Å². The number of benzene rings is 1. The number of pyridine rings is 1. The van der Waals surface area contributed by atoms with Crippen molar-refractivity contribution < 1.29 is 9.59 Å². The first-order chi connectivity index (χ1) is 11.6. The van der Waals surface area contributed by atoms with Gasteiger partial charge in [0.25, 0.3) is 0 Å². The average molecular weight is 344 g/mol. The molecule has 3 rings (SSSR count). The summed E-state index contributed by atoms with van der Waals surface area (Å²) in [6.07, 6.45) is 2.37. The van der Waals surface area contributed by atoms with Gasteiger partial charge in [0, 0.05) is 37.2 Å². The number of hydrogen-bond acceptors (Lipinski definition) is 4. The van der Waals surface area contributed by atoms with E-state index in [2.05, 4.69) is 10.3 Å². The number of amides is 2. The van der Waals surface area contributed by atoms with E-state index in [-0.39, 0.29) is 17.9 Å². The lowest BCUT2D eigenvalue weighted by Gasteiger charge is -2.21. The Bertz CT molecular complexity index is 720. The highest BCUT2D eigenvalue weighted by atomic mass is 35.5. The predicted molar refractivity (Wildman–Crippen MR) is 91.5 cm³/mol. The van der Waals surface area contributed by atoms with E-state index in [1.807, 2.05) is 42.5 Å². The minimum Gasteiger partial charge on any atom is -0.303 e. The third-order valence-corrected chi connectivity index (χ3v) is 4.24. The van der Waals surface area contributed by atoms with Crippen molar-refractivity contribution in [1.29, 1.82) is 0 Å². The minimum absolute atomic E-state index is 0.0982. The molecule has 1 fully saturated rings. The van der Waals surface area contributed by atoms with Crippen molar-refractivity contribution in [1.82, 2.24) is 15.2 Å². The summed E-state index contributed by atoms with van der Waals surface area (Å²) in [7, 11) is 0. The molecule has 1 N–H and O–H groups in total. The highest BCUT2D eigenvalue weighted by Gasteiger charge is 2.28. The minimum atomic E-state index is -0.155. The van der Waals surface area contributed by atoms with E-state index in [0.717, 1.165) is 11.3 Å². The topological polar surface area (TPSA) is 62.3 Å². The van der Waals surface area contributed by atoms with Crippen molar-refractivity contribution in [3.63, 3.8) is 0 Å². The van der Waals surface area contributed by atoms with Crippen LogP contribution in [0.3, 0.4) is 0 Å². The Morgan fingerprint density at radius 1 is 1.12 bits per heavy atom. The normalized spacial score (nSPS) is 15.8. The SMILES string of the molecule is O=C1CCC(=O)N1CCNC(c1cccc(Cl)c1)c1ccccn1. The monoisotopic (exact) mass is 343 g/mol. The van der Waals surface area contributed by atoms with Crippen LogP contribution in [0.5, 0.6) is 0 Å². The molecule has 1 unspecified atom stereocenters. The quantitative estimate of drug-likeness (QED) is 0.819. The molecule has 2 heterocycles. The van der Waals surface area contributed by atoms with Crippen LogP contribution in [0.2, 0.25) is 5.02 Å². The maximum Gasteiger partial charge on any atom is 0.229 e. The van der Waals surface area contributed by atoms with E-state index in [1.165, 1.54) is 4.90 Å². The number of rotatable bonds is 6. The van der Waals surface area contributed by atoms with E-state index < -0.39 is 0 Å². The van der Waals surface area contributed by atoms with Crippen molar-refractivity contribution in [2.75, 3.05) is 13.1 Å². The van der Waals surface area contributed by atoms with E-state index in [1.54, 1.807) is 6.20 Å². The second-order valence-electron chi connectivity index (χ2n) is 5.64. The van der Waals surface area contributed by atoms with Crippen LogP contribution < -0.4 is 5.32 Å². The van der Waals surface area contributed by atoms with Crippen LogP contribution in [-0.2, 0) is 9.59 Å². The van der Waals surface area contributed by atoms with E-state index >= 15 is 0 Å². The van der Waals surface area contributed by atoms with E-state index in [9.17, 15) is 9.59 Å². The van der Waals surface area contributed by atoms with Gasteiger partial charge in [0.1, 0.15) is 0 Å². The fourth-order valence-corrected chi connectivity index (χ4v) is 3.02. The summed E-state index contributed by atoms with van der Waals surface area (Å²) in [5, 5.41) is 4.03. The maximum absolute atomic E-state index is 11.7. The number of hydrogen-bond donors (Lipinski definition) is 1. The lowest BCUT2D eigenvalue weighted by molar-refractivity contribution is -0.138. The lowest BCUT2D eigenvalue weighted by Crippen LogP contribution is -2.37. The molecule has 2 amide bonds. The Labute approximate surface area is 145 Å². The first kappa shape index (κ1) is 16.6.